The Hall–Kier alpha value is -6.98. The lowest BCUT2D eigenvalue weighted by Crippen LogP contribution is -2.57. The van der Waals surface area contributed by atoms with Gasteiger partial charge in [0.1, 0.15) is 23.0 Å². The molecule has 0 bridgehead atoms. The predicted molar refractivity (Wildman–Crippen MR) is 231 cm³/mol. The molecule has 2 aliphatic heterocycles. The minimum Gasteiger partial charge on any atom is -0.458 e. The van der Waals surface area contributed by atoms with E-state index in [1.807, 2.05) is 6.07 Å². The Kier molecular flexibility index (Phi) is 6.45. The number of hydrogen-bond donors (Lipinski definition) is 0. The Balaban J connectivity index is 1.04. The summed E-state index contributed by atoms with van der Waals surface area (Å²) in [6.07, 6.45) is 0. The molecule has 0 saturated carbocycles. The maximum atomic E-state index is 6.85. The standard InChI is InChI=1S/C51H35BN2O2/c1-51(2)40-27-35(53(32-15-6-3-7-16-32)33-17-8-4-9-18-33)25-26-36(40)38-29-48-43(30-41(38)51)52-42-28-39-37-21-12-13-22-44(37)54(34-19-10-5-11-20-34)45(39)31-49(42)56-47-24-14-23-46(55-48)50(47)52/h3-31H,1-2H3. The molecule has 12 rings (SSSR count). The van der Waals surface area contributed by atoms with Crippen LogP contribution in [0, 0.1) is 0 Å². The number of anilines is 3. The molecule has 3 aliphatic rings. The van der Waals surface area contributed by atoms with Crippen molar-refractivity contribution >= 4 is 62.0 Å². The third-order valence-electron chi connectivity index (χ3n) is 12.3. The van der Waals surface area contributed by atoms with E-state index in [-0.39, 0.29) is 12.1 Å². The van der Waals surface area contributed by atoms with Crippen molar-refractivity contribution in [2.24, 2.45) is 0 Å². The molecule has 0 amide bonds. The zero-order chi connectivity index (χ0) is 37.1. The van der Waals surface area contributed by atoms with Gasteiger partial charge in [-0.25, -0.2) is 0 Å². The van der Waals surface area contributed by atoms with Gasteiger partial charge >= 0.3 is 0 Å². The molecule has 0 unspecified atom stereocenters. The number of rotatable bonds is 4. The van der Waals surface area contributed by atoms with Gasteiger partial charge in [0, 0.05) is 50.5 Å². The zero-order valence-electron chi connectivity index (χ0n) is 31.0. The Morgan fingerprint density at radius 3 is 1.79 bits per heavy atom. The second-order valence-electron chi connectivity index (χ2n) is 15.7. The van der Waals surface area contributed by atoms with E-state index in [2.05, 4.69) is 193 Å². The van der Waals surface area contributed by atoms with Crippen molar-refractivity contribution in [1.82, 2.24) is 4.57 Å². The lowest BCUT2D eigenvalue weighted by molar-refractivity contribution is 0.464. The van der Waals surface area contributed by atoms with Crippen molar-refractivity contribution in [3.63, 3.8) is 0 Å². The second-order valence-corrected chi connectivity index (χ2v) is 15.7. The van der Waals surface area contributed by atoms with Gasteiger partial charge in [0.2, 0.25) is 0 Å². The first-order valence-electron chi connectivity index (χ1n) is 19.4. The fraction of sp³-hybridized carbons (Fsp3) is 0.0588. The van der Waals surface area contributed by atoms with Gasteiger partial charge in [0.05, 0.1) is 11.0 Å². The van der Waals surface area contributed by atoms with E-state index in [4.69, 9.17) is 9.47 Å². The average Bonchev–Trinajstić information content (AvgIpc) is 3.67. The molecule has 3 heterocycles. The van der Waals surface area contributed by atoms with E-state index in [9.17, 15) is 0 Å². The number of fused-ring (bicyclic) bond motifs is 10. The molecular weight excluding hydrogens is 683 g/mol. The summed E-state index contributed by atoms with van der Waals surface area (Å²) in [4.78, 5) is 2.35. The van der Waals surface area contributed by atoms with Crippen LogP contribution in [-0.4, -0.2) is 11.3 Å². The molecule has 264 valence electrons. The number of benzene rings is 8. The third kappa shape index (κ3) is 4.37. The molecule has 5 heteroatoms. The monoisotopic (exact) mass is 718 g/mol. The highest BCUT2D eigenvalue weighted by atomic mass is 16.5. The Morgan fingerprint density at radius 2 is 1.07 bits per heavy atom. The Labute approximate surface area is 325 Å². The van der Waals surface area contributed by atoms with Crippen LogP contribution in [-0.2, 0) is 5.41 Å². The van der Waals surface area contributed by atoms with E-state index >= 15 is 0 Å². The third-order valence-corrected chi connectivity index (χ3v) is 12.3. The fourth-order valence-corrected chi connectivity index (χ4v) is 9.70. The van der Waals surface area contributed by atoms with E-state index in [0.717, 1.165) is 62.2 Å². The van der Waals surface area contributed by atoms with E-state index in [1.54, 1.807) is 0 Å². The van der Waals surface area contributed by atoms with E-state index < -0.39 is 0 Å². The van der Waals surface area contributed by atoms with Crippen molar-refractivity contribution < 1.29 is 9.47 Å². The fourth-order valence-electron chi connectivity index (χ4n) is 9.70. The quantitative estimate of drug-likeness (QED) is 0.170. The number of ether oxygens (including phenoxy) is 2. The smallest absolute Gasteiger partial charge is 0.260 e. The van der Waals surface area contributed by atoms with Crippen LogP contribution in [0.25, 0.3) is 38.6 Å². The van der Waals surface area contributed by atoms with Crippen molar-refractivity contribution in [1.29, 1.82) is 0 Å². The number of aromatic nitrogens is 1. The first kappa shape index (κ1) is 31.4. The van der Waals surface area contributed by atoms with Crippen LogP contribution >= 0.6 is 0 Å². The zero-order valence-corrected chi connectivity index (χ0v) is 31.0. The van der Waals surface area contributed by atoms with Crippen LogP contribution in [0.15, 0.2) is 176 Å². The Morgan fingerprint density at radius 1 is 0.464 bits per heavy atom. The van der Waals surface area contributed by atoms with Gasteiger partial charge in [-0.15, -0.1) is 0 Å². The summed E-state index contributed by atoms with van der Waals surface area (Å²) in [6, 6.07) is 63.1. The van der Waals surface area contributed by atoms with Gasteiger partial charge in [0.15, 0.2) is 0 Å². The topological polar surface area (TPSA) is 26.6 Å². The van der Waals surface area contributed by atoms with Gasteiger partial charge in [-0.3, -0.25) is 0 Å². The van der Waals surface area contributed by atoms with Gasteiger partial charge in [-0.2, -0.15) is 0 Å². The molecule has 56 heavy (non-hydrogen) atoms. The first-order valence-corrected chi connectivity index (χ1v) is 19.4. The van der Waals surface area contributed by atoms with Crippen molar-refractivity contribution in [3.05, 3.63) is 187 Å². The molecular formula is C51H35BN2O2. The second kappa shape index (κ2) is 11.5. The molecule has 9 aromatic rings. The maximum Gasteiger partial charge on any atom is 0.260 e. The predicted octanol–water partition coefficient (Wildman–Crippen LogP) is 11.3. The van der Waals surface area contributed by atoms with Crippen LogP contribution in [0.2, 0.25) is 0 Å². The number of nitrogens with zero attached hydrogens (tertiary/aromatic N) is 2. The van der Waals surface area contributed by atoms with Crippen molar-refractivity contribution in [2.45, 2.75) is 19.3 Å². The molecule has 0 radical (unpaired) electrons. The van der Waals surface area contributed by atoms with Gasteiger partial charge in [-0.05, 0) is 106 Å². The summed E-state index contributed by atoms with van der Waals surface area (Å²) in [5, 5.41) is 2.44. The largest absolute Gasteiger partial charge is 0.458 e. The first-order chi connectivity index (χ1) is 27.5. The van der Waals surface area contributed by atoms with Crippen LogP contribution in [0.4, 0.5) is 17.1 Å². The molecule has 0 spiro atoms. The molecule has 8 aromatic carbocycles. The van der Waals surface area contributed by atoms with Gasteiger partial charge < -0.3 is 18.9 Å². The van der Waals surface area contributed by atoms with Gasteiger partial charge in [-0.1, -0.05) is 111 Å². The summed E-state index contributed by atoms with van der Waals surface area (Å²) < 4.78 is 16.0. The highest BCUT2D eigenvalue weighted by molar-refractivity contribution is 6.98. The normalized spacial score (nSPS) is 13.9. The van der Waals surface area contributed by atoms with Crippen molar-refractivity contribution in [2.75, 3.05) is 4.90 Å². The maximum absolute atomic E-state index is 6.85. The van der Waals surface area contributed by atoms with Crippen LogP contribution < -0.4 is 30.8 Å². The molecule has 4 nitrogen and oxygen atoms in total. The molecule has 0 saturated heterocycles. The summed E-state index contributed by atoms with van der Waals surface area (Å²) in [7, 11) is 0. The minimum absolute atomic E-state index is 0.0519. The number of hydrogen-bond acceptors (Lipinski definition) is 3. The number of para-hydroxylation sites is 4. The average molecular weight is 719 g/mol. The van der Waals surface area contributed by atoms with Gasteiger partial charge in [0.25, 0.3) is 6.71 Å². The summed E-state index contributed by atoms with van der Waals surface area (Å²) in [6.45, 7) is 4.68. The summed E-state index contributed by atoms with van der Waals surface area (Å²) in [5.74, 6) is 3.49. The molecule has 1 aliphatic carbocycles. The van der Waals surface area contributed by atoms with Crippen LogP contribution in [0.1, 0.15) is 25.0 Å². The molecule has 0 atom stereocenters. The summed E-state index contributed by atoms with van der Waals surface area (Å²) >= 11 is 0. The lowest BCUT2D eigenvalue weighted by atomic mass is 9.34. The molecule has 0 fully saturated rings. The molecule has 1 aromatic heterocycles. The highest BCUT2D eigenvalue weighted by Gasteiger charge is 2.44. The highest BCUT2D eigenvalue weighted by Crippen LogP contribution is 2.52. The van der Waals surface area contributed by atoms with E-state index in [1.165, 1.54) is 44.0 Å². The van der Waals surface area contributed by atoms with Crippen LogP contribution in [0.3, 0.4) is 0 Å². The molecule has 0 N–H and O–H groups in total. The van der Waals surface area contributed by atoms with Crippen LogP contribution in [0.5, 0.6) is 23.0 Å². The van der Waals surface area contributed by atoms with E-state index in [0.29, 0.717) is 0 Å². The Bertz CT molecular complexity index is 3020. The summed E-state index contributed by atoms with van der Waals surface area (Å²) in [5.41, 5.74) is 15.1. The lowest BCUT2D eigenvalue weighted by Gasteiger charge is -2.34. The minimum atomic E-state index is -0.254. The SMILES string of the molecule is CC1(C)c2cc(N(c3ccccc3)c3ccccc3)ccc2-c2cc3c(cc21)B1c2cc4c5ccccc5n(-c5ccccc5)c4cc2Oc2cccc(c21)O3. The van der Waals surface area contributed by atoms with Crippen molar-refractivity contribution in [3.8, 4) is 39.8 Å².